The average molecular weight is 471 g/mol. The van der Waals surface area contributed by atoms with Crippen LogP contribution in [0.2, 0.25) is 0 Å². The molecule has 180 valence electrons. The molecule has 0 aliphatic heterocycles. The molecule has 3 atom stereocenters. The topological polar surface area (TPSA) is 139 Å². The molecule has 0 radical (unpaired) electrons. The summed E-state index contributed by atoms with van der Waals surface area (Å²) in [6, 6.07) is 3.49. The number of aliphatic carboxylic acids is 1. The van der Waals surface area contributed by atoms with Crippen LogP contribution < -0.4 is 10.0 Å². The summed E-state index contributed by atoms with van der Waals surface area (Å²) in [5, 5.41) is 11.9. The molecule has 3 N–H and O–H groups in total. The zero-order valence-corrected chi connectivity index (χ0v) is 20.3. The third-order valence-electron chi connectivity index (χ3n) is 4.78. The normalized spacial score (nSPS) is 14.8. The van der Waals surface area contributed by atoms with Gasteiger partial charge in [0, 0.05) is 6.42 Å². The van der Waals surface area contributed by atoms with Crippen molar-refractivity contribution in [2.24, 2.45) is 5.92 Å². The Labute approximate surface area is 190 Å². The first kappa shape index (κ1) is 27.6. The van der Waals surface area contributed by atoms with Gasteiger partial charge in [-0.3, -0.25) is 9.59 Å². The van der Waals surface area contributed by atoms with Gasteiger partial charge in [0.1, 0.15) is 17.7 Å². The lowest BCUT2D eigenvalue weighted by Crippen LogP contribution is -2.53. The van der Waals surface area contributed by atoms with E-state index in [0.29, 0.717) is 6.42 Å². The third kappa shape index (κ3) is 8.96. The van der Waals surface area contributed by atoms with Crippen molar-refractivity contribution < 1.29 is 32.6 Å². The molecule has 0 fully saturated rings. The fourth-order valence-corrected chi connectivity index (χ4v) is 4.04. The maximum absolute atomic E-state index is 12.9. The molecule has 1 aromatic carbocycles. The first-order valence-electron chi connectivity index (χ1n) is 10.5. The minimum absolute atomic E-state index is 0.0464. The van der Waals surface area contributed by atoms with Gasteiger partial charge in [0.2, 0.25) is 15.9 Å². The van der Waals surface area contributed by atoms with Crippen molar-refractivity contribution in [1.29, 1.82) is 0 Å². The van der Waals surface area contributed by atoms with Crippen molar-refractivity contribution in [3.63, 3.8) is 0 Å². The molecule has 0 aromatic heterocycles. The summed E-state index contributed by atoms with van der Waals surface area (Å²) in [4.78, 5) is 36.5. The number of carbonyl (C=O) groups excluding carboxylic acids is 2. The SMILES string of the molecule is CCC(C)[C@H](NC(=O)[C@H](CCC(=O)OC(C)(C)C)NS(=O)(=O)c1ccc(C)cc1)C(=O)O. The van der Waals surface area contributed by atoms with Crippen LogP contribution in [-0.2, 0) is 29.1 Å². The number of rotatable bonds is 11. The van der Waals surface area contributed by atoms with E-state index in [1.54, 1.807) is 46.8 Å². The van der Waals surface area contributed by atoms with Gasteiger partial charge in [0.15, 0.2) is 0 Å². The first-order valence-corrected chi connectivity index (χ1v) is 12.0. The lowest BCUT2D eigenvalue weighted by Gasteiger charge is -2.25. The Morgan fingerprint density at radius 1 is 1.12 bits per heavy atom. The van der Waals surface area contributed by atoms with E-state index in [1.165, 1.54) is 12.1 Å². The number of benzene rings is 1. The van der Waals surface area contributed by atoms with Gasteiger partial charge >= 0.3 is 11.9 Å². The van der Waals surface area contributed by atoms with Gasteiger partial charge < -0.3 is 15.2 Å². The predicted octanol–water partition coefficient (Wildman–Crippen LogP) is 2.38. The van der Waals surface area contributed by atoms with Crippen molar-refractivity contribution in [3.8, 4) is 0 Å². The van der Waals surface area contributed by atoms with Crippen LogP contribution in [0.15, 0.2) is 29.2 Å². The van der Waals surface area contributed by atoms with E-state index < -0.39 is 45.6 Å². The molecule has 32 heavy (non-hydrogen) atoms. The number of hydrogen-bond acceptors (Lipinski definition) is 6. The molecule has 1 aromatic rings. The summed E-state index contributed by atoms with van der Waals surface area (Å²) in [6.45, 7) is 10.3. The highest BCUT2D eigenvalue weighted by Gasteiger charge is 2.32. The zero-order valence-electron chi connectivity index (χ0n) is 19.5. The molecule has 0 aliphatic rings. The summed E-state index contributed by atoms with van der Waals surface area (Å²) >= 11 is 0. The van der Waals surface area contributed by atoms with Gasteiger partial charge in [-0.25, -0.2) is 13.2 Å². The van der Waals surface area contributed by atoms with Gasteiger partial charge in [-0.15, -0.1) is 0 Å². The minimum atomic E-state index is -4.10. The number of aryl methyl sites for hydroxylation is 1. The third-order valence-corrected chi connectivity index (χ3v) is 6.27. The molecule has 10 heteroatoms. The Morgan fingerprint density at radius 3 is 2.16 bits per heavy atom. The van der Waals surface area contributed by atoms with Crippen LogP contribution in [0, 0.1) is 12.8 Å². The smallest absolute Gasteiger partial charge is 0.326 e. The lowest BCUT2D eigenvalue weighted by molar-refractivity contribution is -0.155. The fourth-order valence-electron chi connectivity index (χ4n) is 2.81. The van der Waals surface area contributed by atoms with Gasteiger partial charge in [0.25, 0.3) is 0 Å². The molecule has 0 saturated carbocycles. The van der Waals surface area contributed by atoms with E-state index in [-0.39, 0.29) is 23.7 Å². The first-order chi connectivity index (χ1) is 14.7. The quantitative estimate of drug-likeness (QED) is 0.422. The van der Waals surface area contributed by atoms with Crippen LogP contribution in [0.5, 0.6) is 0 Å². The molecule has 1 amide bonds. The molecule has 9 nitrogen and oxygen atoms in total. The summed E-state index contributed by atoms with van der Waals surface area (Å²) in [6.07, 6.45) is 0.0699. The van der Waals surface area contributed by atoms with E-state index in [9.17, 15) is 27.9 Å². The van der Waals surface area contributed by atoms with Crippen LogP contribution >= 0.6 is 0 Å². The molecule has 0 spiro atoms. The second-order valence-corrected chi connectivity index (χ2v) is 10.5. The maximum atomic E-state index is 12.9. The standard InChI is InChI=1S/C22H34N2O7S/c1-7-15(3)19(21(27)28)23-20(26)17(12-13-18(25)31-22(4,5)6)24-32(29,30)16-10-8-14(2)9-11-16/h8-11,15,17,19,24H,7,12-13H2,1-6H3,(H,23,26)(H,27,28)/t15?,17-,19-/m0/s1. The van der Waals surface area contributed by atoms with Crippen molar-refractivity contribution in [2.75, 3.05) is 0 Å². The van der Waals surface area contributed by atoms with Gasteiger partial charge in [0.05, 0.1) is 4.90 Å². The maximum Gasteiger partial charge on any atom is 0.326 e. The van der Waals surface area contributed by atoms with Crippen LogP contribution in [0.3, 0.4) is 0 Å². The summed E-state index contributed by atoms with van der Waals surface area (Å²) in [7, 11) is -4.10. The van der Waals surface area contributed by atoms with E-state index >= 15 is 0 Å². The van der Waals surface area contributed by atoms with Crippen LogP contribution in [0.25, 0.3) is 0 Å². The van der Waals surface area contributed by atoms with Crippen LogP contribution in [0.1, 0.15) is 59.4 Å². The van der Waals surface area contributed by atoms with Crippen molar-refractivity contribution in [1.82, 2.24) is 10.0 Å². The Bertz CT molecular complexity index is 905. The second-order valence-electron chi connectivity index (χ2n) is 8.82. The number of ether oxygens (including phenoxy) is 1. The number of amides is 1. The second kappa shape index (κ2) is 11.4. The van der Waals surface area contributed by atoms with Crippen molar-refractivity contribution >= 4 is 27.9 Å². The Kier molecular flexibility index (Phi) is 9.84. The number of carboxylic acid groups (broad SMARTS) is 1. The molecular weight excluding hydrogens is 436 g/mol. The fraction of sp³-hybridized carbons (Fsp3) is 0.591. The molecule has 0 bridgehead atoms. The van der Waals surface area contributed by atoms with Gasteiger partial charge in [-0.1, -0.05) is 38.0 Å². The summed E-state index contributed by atoms with van der Waals surface area (Å²) in [5.41, 5.74) is 0.127. The van der Waals surface area contributed by atoms with E-state index in [0.717, 1.165) is 5.56 Å². The molecule has 0 aliphatic carbocycles. The minimum Gasteiger partial charge on any atom is -0.480 e. The largest absolute Gasteiger partial charge is 0.480 e. The van der Waals surface area contributed by atoms with Crippen molar-refractivity contribution in [3.05, 3.63) is 29.8 Å². The molecule has 1 unspecified atom stereocenters. The number of carboxylic acids is 1. The molecule has 0 heterocycles. The highest BCUT2D eigenvalue weighted by atomic mass is 32.2. The molecular formula is C22H34N2O7S. The summed E-state index contributed by atoms with van der Waals surface area (Å²) < 4.78 is 33.2. The Hall–Kier alpha value is -2.46. The predicted molar refractivity (Wildman–Crippen MR) is 119 cm³/mol. The van der Waals surface area contributed by atoms with Crippen molar-refractivity contribution in [2.45, 2.75) is 83.4 Å². The monoisotopic (exact) mass is 470 g/mol. The molecule has 0 saturated heterocycles. The number of esters is 1. The molecule has 1 rings (SSSR count). The Morgan fingerprint density at radius 2 is 1.69 bits per heavy atom. The van der Waals surface area contributed by atoms with Crippen LogP contribution in [-0.4, -0.2) is 49.1 Å². The number of nitrogens with one attached hydrogen (secondary N) is 2. The van der Waals surface area contributed by atoms with Gasteiger partial charge in [-0.05, 0) is 52.2 Å². The average Bonchev–Trinajstić information content (AvgIpc) is 2.67. The number of carbonyl (C=O) groups is 3. The highest BCUT2D eigenvalue weighted by Crippen LogP contribution is 2.15. The summed E-state index contributed by atoms with van der Waals surface area (Å²) in [5.74, 6) is -3.02. The van der Waals surface area contributed by atoms with E-state index in [2.05, 4.69) is 10.0 Å². The van der Waals surface area contributed by atoms with Crippen LogP contribution in [0.4, 0.5) is 0 Å². The highest BCUT2D eigenvalue weighted by molar-refractivity contribution is 7.89. The zero-order chi connectivity index (χ0) is 24.7. The van der Waals surface area contributed by atoms with E-state index in [4.69, 9.17) is 4.74 Å². The number of hydrogen-bond donors (Lipinski definition) is 3. The number of sulfonamides is 1. The lowest BCUT2D eigenvalue weighted by atomic mass is 9.98. The Balaban J connectivity index is 3.11. The van der Waals surface area contributed by atoms with E-state index in [1.807, 2.05) is 6.92 Å². The van der Waals surface area contributed by atoms with Gasteiger partial charge in [-0.2, -0.15) is 4.72 Å².